The molecule has 0 nitrogen and oxygen atoms in total. The number of hydrogen-bond donors (Lipinski definition) is 0. The Balaban J connectivity index is 0. The van der Waals surface area contributed by atoms with Gasteiger partial charge in [-0.05, 0) is 24.7 Å². The average molecular weight is 400 g/mol. The molecule has 0 amide bonds. The van der Waals surface area contributed by atoms with Gasteiger partial charge in [-0.15, -0.1) is 0 Å². The van der Waals surface area contributed by atoms with Crippen molar-refractivity contribution in [3.05, 3.63) is 0 Å². The van der Waals surface area contributed by atoms with E-state index in [9.17, 15) is 0 Å². The van der Waals surface area contributed by atoms with Crippen LogP contribution in [-0.4, -0.2) is 24.6 Å². The van der Waals surface area contributed by atoms with Gasteiger partial charge < -0.3 is 24.0 Å². The van der Waals surface area contributed by atoms with Gasteiger partial charge in [0.25, 0.3) is 0 Å². The summed E-state index contributed by atoms with van der Waals surface area (Å²) in [5.74, 6) is 0. The Bertz CT molecular complexity index is 174. The molecule has 0 aromatic rings. The van der Waals surface area contributed by atoms with Crippen LogP contribution in [0.3, 0.4) is 0 Å². The van der Waals surface area contributed by atoms with E-state index < -0.39 is 7.26 Å². The Hall–Kier alpha value is 1.16. The van der Waals surface area contributed by atoms with Crippen LogP contribution in [0.4, 0.5) is 0 Å². The van der Waals surface area contributed by atoms with Crippen LogP contribution in [0, 0.1) is 5.41 Å². The van der Waals surface area contributed by atoms with Crippen molar-refractivity contribution in [2.24, 2.45) is 5.41 Å². The van der Waals surface area contributed by atoms with E-state index in [1.54, 1.807) is 18.5 Å². The molecular weight excluding hydrogens is 362 g/mol. The van der Waals surface area contributed by atoms with Gasteiger partial charge in [0.15, 0.2) is 0 Å². The van der Waals surface area contributed by atoms with E-state index in [0.29, 0.717) is 5.41 Å². The molecule has 0 radical (unpaired) electrons. The van der Waals surface area contributed by atoms with Crippen LogP contribution in [0.5, 0.6) is 0 Å². The molecule has 0 aromatic heterocycles. The molecule has 0 heterocycles. The van der Waals surface area contributed by atoms with Crippen LogP contribution in [0.25, 0.3) is 0 Å². The Morgan fingerprint density at radius 2 is 1.00 bits per heavy atom. The lowest BCUT2D eigenvalue weighted by Crippen LogP contribution is -3.00. The highest BCUT2D eigenvalue weighted by Crippen LogP contribution is 2.63. The van der Waals surface area contributed by atoms with Crippen LogP contribution in [0.1, 0.15) is 80.1 Å². The van der Waals surface area contributed by atoms with Gasteiger partial charge in [-0.2, -0.15) is 0 Å². The van der Waals surface area contributed by atoms with Gasteiger partial charge in [0.05, 0.1) is 24.6 Å². The Labute approximate surface area is 141 Å². The fourth-order valence-electron chi connectivity index (χ4n) is 3.06. The first-order valence-electron chi connectivity index (χ1n) is 8.24. The molecule has 0 spiro atoms. The molecular formula is C17H38IP. The van der Waals surface area contributed by atoms with Crippen molar-refractivity contribution in [3.8, 4) is 0 Å². The van der Waals surface area contributed by atoms with Gasteiger partial charge in [-0.3, -0.25) is 0 Å². The first-order chi connectivity index (χ1) is 8.39. The molecule has 0 fully saturated rings. The summed E-state index contributed by atoms with van der Waals surface area (Å²) >= 11 is 0. The van der Waals surface area contributed by atoms with Crippen molar-refractivity contribution in [3.63, 3.8) is 0 Å². The van der Waals surface area contributed by atoms with Gasteiger partial charge >= 0.3 is 0 Å². The van der Waals surface area contributed by atoms with Gasteiger partial charge in [0.1, 0.15) is 0 Å². The van der Waals surface area contributed by atoms with Gasteiger partial charge in [0, 0.05) is 7.26 Å². The van der Waals surface area contributed by atoms with Crippen LogP contribution in [0.15, 0.2) is 0 Å². The standard InChI is InChI=1S/C17H38P.HI/c1-7-10-13-18(14-11-8-2,15-12-9-3)16-17(4,5)6;/h7-16H2,1-6H3;1H/q+1;/p-1. The molecule has 0 aromatic carbocycles. The molecule has 0 saturated carbocycles. The lowest BCUT2D eigenvalue weighted by molar-refractivity contribution is -0.00000497. The van der Waals surface area contributed by atoms with Crippen molar-refractivity contribution in [1.82, 2.24) is 0 Å². The topological polar surface area (TPSA) is 0 Å². The second-order valence-corrected chi connectivity index (χ2v) is 11.6. The van der Waals surface area contributed by atoms with E-state index in [-0.39, 0.29) is 24.0 Å². The minimum atomic E-state index is -0.667. The van der Waals surface area contributed by atoms with Crippen LogP contribution < -0.4 is 24.0 Å². The largest absolute Gasteiger partial charge is 1.00 e. The summed E-state index contributed by atoms with van der Waals surface area (Å²) in [5.41, 5.74) is 0.531. The van der Waals surface area contributed by atoms with E-state index in [1.165, 1.54) is 44.7 Å². The van der Waals surface area contributed by atoms with Gasteiger partial charge in [-0.1, -0.05) is 60.8 Å². The van der Waals surface area contributed by atoms with E-state index in [0.717, 1.165) is 0 Å². The van der Waals surface area contributed by atoms with E-state index in [4.69, 9.17) is 0 Å². The van der Waals surface area contributed by atoms with Crippen LogP contribution in [-0.2, 0) is 0 Å². The molecule has 0 bridgehead atoms. The molecule has 0 N–H and O–H groups in total. The van der Waals surface area contributed by atoms with Gasteiger partial charge in [0.2, 0.25) is 0 Å². The fraction of sp³-hybridized carbons (Fsp3) is 1.00. The monoisotopic (exact) mass is 400 g/mol. The summed E-state index contributed by atoms with van der Waals surface area (Å²) in [7, 11) is -0.667. The zero-order valence-electron chi connectivity index (χ0n) is 14.4. The van der Waals surface area contributed by atoms with Crippen molar-refractivity contribution in [1.29, 1.82) is 0 Å². The predicted molar refractivity (Wildman–Crippen MR) is 90.6 cm³/mol. The Morgan fingerprint density at radius 3 is 1.21 bits per heavy atom. The maximum atomic E-state index is 2.45. The first kappa shape index (κ1) is 22.4. The second-order valence-electron chi connectivity index (χ2n) is 7.29. The van der Waals surface area contributed by atoms with Gasteiger partial charge in [-0.25, -0.2) is 0 Å². The number of hydrogen-bond acceptors (Lipinski definition) is 0. The first-order valence-corrected chi connectivity index (χ1v) is 10.8. The summed E-state index contributed by atoms with van der Waals surface area (Å²) in [6, 6.07) is 0. The molecule has 19 heavy (non-hydrogen) atoms. The van der Waals surface area contributed by atoms with Crippen molar-refractivity contribution >= 4 is 7.26 Å². The number of unbranched alkanes of at least 4 members (excludes halogenated alkanes) is 3. The fourth-order valence-corrected chi connectivity index (χ4v) is 9.18. The highest BCUT2D eigenvalue weighted by Gasteiger charge is 2.39. The third kappa shape index (κ3) is 11.5. The highest BCUT2D eigenvalue weighted by atomic mass is 127. The molecule has 0 atom stereocenters. The zero-order chi connectivity index (χ0) is 14.1. The molecule has 0 aliphatic heterocycles. The zero-order valence-corrected chi connectivity index (χ0v) is 17.4. The SMILES string of the molecule is CCCC[P+](CCCC)(CCCC)CC(C)(C)C.[I-]. The number of halogens is 1. The van der Waals surface area contributed by atoms with E-state index in [1.807, 2.05) is 0 Å². The Morgan fingerprint density at radius 1 is 0.684 bits per heavy atom. The number of rotatable bonds is 10. The second kappa shape index (κ2) is 11.8. The quantitative estimate of drug-likeness (QED) is 0.389. The molecule has 2 heteroatoms. The van der Waals surface area contributed by atoms with Crippen LogP contribution >= 0.6 is 7.26 Å². The molecule has 0 rings (SSSR count). The molecule has 0 unspecified atom stereocenters. The minimum absolute atomic E-state index is 0. The summed E-state index contributed by atoms with van der Waals surface area (Å²) in [6.07, 6.45) is 14.8. The van der Waals surface area contributed by atoms with Crippen LogP contribution in [0.2, 0.25) is 0 Å². The molecule has 118 valence electrons. The lowest BCUT2D eigenvalue weighted by atomic mass is 10.0. The smallest absolute Gasteiger partial charge is 0.0642 e. The van der Waals surface area contributed by atoms with Crippen molar-refractivity contribution in [2.45, 2.75) is 80.1 Å². The maximum absolute atomic E-state index is 2.45. The summed E-state index contributed by atoms with van der Waals surface area (Å²) in [4.78, 5) is 0. The van der Waals surface area contributed by atoms with E-state index in [2.05, 4.69) is 41.5 Å². The lowest BCUT2D eigenvalue weighted by Gasteiger charge is -2.33. The molecule has 0 saturated heterocycles. The predicted octanol–water partition coefficient (Wildman–Crippen LogP) is 3.45. The normalized spacial score (nSPS) is 12.3. The van der Waals surface area contributed by atoms with Crippen molar-refractivity contribution in [2.75, 3.05) is 24.6 Å². The summed E-state index contributed by atoms with van der Waals surface area (Å²) < 4.78 is 0. The van der Waals surface area contributed by atoms with E-state index >= 15 is 0 Å². The summed E-state index contributed by atoms with van der Waals surface area (Å²) in [6.45, 7) is 14.4. The minimum Gasteiger partial charge on any atom is -1.00 e. The average Bonchev–Trinajstić information content (AvgIpc) is 2.29. The third-order valence-electron chi connectivity index (χ3n) is 3.77. The molecule has 0 aliphatic rings. The Kier molecular flexibility index (Phi) is 13.9. The third-order valence-corrected chi connectivity index (χ3v) is 9.18. The summed E-state index contributed by atoms with van der Waals surface area (Å²) in [5, 5.41) is 0. The maximum Gasteiger partial charge on any atom is 0.0642 e. The molecule has 0 aliphatic carbocycles. The highest BCUT2D eigenvalue weighted by molar-refractivity contribution is 7.75. The van der Waals surface area contributed by atoms with Crippen molar-refractivity contribution < 1.29 is 24.0 Å².